The van der Waals surface area contributed by atoms with Gasteiger partial charge in [-0.2, -0.15) is 0 Å². The minimum atomic E-state index is -2.45. The van der Waals surface area contributed by atoms with Gasteiger partial charge >= 0.3 is 150 Å². The third-order valence-electron chi connectivity index (χ3n) is 3.65. The third kappa shape index (κ3) is 3.63. The second-order valence-corrected chi connectivity index (χ2v) is 27.9. The molecule has 0 unspecified atom stereocenters. The van der Waals surface area contributed by atoms with E-state index >= 15 is 0 Å². The third-order valence-corrected chi connectivity index (χ3v) is 36.2. The average molecular weight is 443 g/mol. The summed E-state index contributed by atoms with van der Waals surface area (Å²) in [5.74, 6) is 0. The van der Waals surface area contributed by atoms with E-state index in [9.17, 15) is 0 Å². The van der Waals surface area contributed by atoms with Crippen LogP contribution in [-0.2, 0) is 0 Å². The van der Waals surface area contributed by atoms with Gasteiger partial charge in [-0.1, -0.05) is 0 Å². The molecule has 0 saturated carbocycles. The molecule has 0 aromatic heterocycles. The van der Waals surface area contributed by atoms with Gasteiger partial charge in [-0.3, -0.25) is 0 Å². The van der Waals surface area contributed by atoms with Crippen molar-refractivity contribution in [2.75, 3.05) is 0 Å². The van der Waals surface area contributed by atoms with Crippen LogP contribution in [0.5, 0.6) is 0 Å². The molecular formula is C20H21As2S+. The Bertz CT molecular complexity index is 631. The van der Waals surface area contributed by atoms with Gasteiger partial charge in [0.05, 0.1) is 0 Å². The zero-order chi connectivity index (χ0) is 16.1. The van der Waals surface area contributed by atoms with Gasteiger partial charge in [-0.05, 0) is 0 Å². The number of hydrogen-bond donors (Lipinski definition) is 0. The van der Waals surface area contributed by atoms with Crippen molar-refractivity contribution in [1.82, 2.24) is 0 Å². The predicted molar refractivity (Wildman–Crippen MR) is 109 cm³/mol. The van der Waals surface area contributed by atoms with E-state index in [1.807, 2.05) is 0 Å². The van der Waals surface area contributed by atoms with Crippen LogP contribution in [-0.4, -0.2) is 25.9 Å². The number of hydrogen-bond acceptors (Lipinski definition) is 1. The van der Waals surface area contributed by atoms with Gasteiger partial charge in [0, 0.05) is 0 Å². The molecule has 116 valence electrons. The van der Waals surface area contributed by atoms with Crippen LogP contribution in [0.2, 0.25) is 11.4 Å². The molecule has 0 amide bonds. The summed E-state index contributed by atoms with van der Waals surface area (Å²) >= 11 is -3.34. The molecule has 3 rings (SSSR count). The first-order valence-corrected chi connectivity index (χ1v) is 19.6. The Hall–Kier alpha value is -0.873. The van der Waals surface area contributed by atoms with Crippen molar-refractivity contribution in [2.45, 2.75) is 11.4 Å². The minimum absolute atomic E-state index is 0.882. The second kappa shape index (κ2) is 7.80. The van der Waals surface area contributed by atoms with Crippen molar-refractivity contribution in [1.29, 1.82) is 0 Å². The fourth-order valence-electron chi connectivity index (χ4n) is 2.75. The van der Waals surface area contributed by atoms with E-state index in [0.29, 0.717) is 0 Å². The van der Waals surface area contributed by atoms with Crippen LogP contribution in [0.4, 0.5) is 0 Å². The quantitative estimate of drug-likeness (QED) is 0.543. The molecule has 0 radical (unpaired) electrons. The van der Waals surface area contributed by atoms with Gasteiger partial charge < -0.3 is 0 Å². The van der Waals surface area contributed by atoms with Crippen molar-refractivity contribution in [3.63, 3.8) is 0 Å². The zero-order valence-electron chi connectivity index (χ0n) is 13.5. The molecule has 0 nitrogen and oxygen atoms in total. The summed E-state index contributed by atoms with van der Waals surface area (Å²) in [5, 5.41) is 0. The molecule has 0 fully saturated rings. The molecule has 0 atom stereocenters. The van der Waals surface area contributed by atoms with E-state index < -0.39 is 25.9 Å². The monoisotopic (exact) mass is 443 g/mol. The van der Waals surface area contributed by atoms with E-state index in [0.717, 1.165) is 0 Å². The average Bonchev–Trinajstić information content (AvgIpc) is 2.62. The maximum absolute atomic E-state index is 2.46. The molecule has 0 saturated heterocycles. The first kappa shape index (κ1) is 17.0. The van der Waals surface area contributed by atoms with Crippen molar-refractivity contribution in [2.24, 2.45) is 0 Å². The summed E-state index contributed by atoms with van der Waals surface area (Å²) in [7, 11) is 2.32. The molecule has 0 aliphatic rings. The Morgan fingerprint density at radius 2 is 0.870 bits per heavy atom. The normalized spacial score (nSPS) is 11.6. The zero-order valence-corrected chi connectivity index (χ0v) is 18.0. The van der Waals surface area contributed by atoms with Crippen LogP contribution >= 0.6 is 8.29 Å². The molecule has 23 heavy (non-hydrogen) atoms. The van der Waals surface area contributed by atoms with E-state index in [1.165, 1.54) is 13.1 Å². The Balaban J connectivity index is 2.30. The van der Waals surface area contributed by atoms with Gasteiger partial charge in [0.1, 0.15) is 0 Å². The van der Waals surface area contributed by atoms with Crippen molar-refractivity contribution in [3.8, 4) is 0 Å². The van der Waals surface area contributed by atoms with Gasteiger partial charge in [-0.25, -0.2) is 0 Å². The van der Waals surface area contributed by atoms with Gasteiger partial charge in [-0.15, -0.1) is 0 Å². The molecule has 3 aromatic carbocycles. The number of benzene rings is 3. The van der Waals surface area contributed by atoms with Gasteiger partial charge in [0.2, 0.25) is 0 Å². The summed E-state index contributed by atoms with van der Waals surface area (Å²) in [5.41, 5.74) is 4.92. The summed E-state index contributed by atoms with van der Waals surface area (Å²) in [6.07, 6.45) is 0. The topological polar surface area (TPSA) is 0 Å². The molecule has 0 aliphatic carbocycles. The molecule has 0 bridgehead atoms. The van der Waals surface area contributed by atoms with Crippen LogP contribution in [0.1, 0.15) is 0 Å². The fourth-order valence-corrected chi connectivity index (χ4v) is 41.2. The first-order valence-electron chi connectivity index (χ1n) is 7.66. The molecule has 0 heterocycles. The molecule has 0 spiro atoms. The van der Waals surface area contributed by atoms with Crippen LogP contribution < -0.4 is 13.1 Å². The molecule has 3 heteroatoms. The summed E-state index contributed by atoms with van der Waals surface area (Å²) in [4.78, 5) is 0. The van der Waals surface area contributed by atoms with E-state index in [2.05, 4.69) is 111 Å². The number of rotatable bonds is 5. The summed E-state index contributed by atoms with van der Waals surface area (Å²) in [6.45, 7) is 0. The van der Waals surface area contributed by atoms with Crippen molar-refractivity contribution >= 4 is 47.2 Å². The molecule has 0 aliphatic heterocycles. The first-order chi connectivity index (χ1) is 11.2. The Morgan fingerprint density at radius 3 is 1.13 bits per heavy atom. The van der Waals surface area contributed by atoms with Gasteiger partial charge in [0.25, 0.3) is 0 Å². The van der Waals surface area contributed by atoms with E-state index in [4.69, 9.17) is 0 Å². The van der Waals surface area contributed by atoms with Gasteiger partial charge in [0.15, 0.2) is 0 Å². The van der Waals surface area contributed by atoms with E-state index in [-0.39, 0.29) is 0 Å². The van der Waals surface area contributed by atoms with Crippen LogP contribution in [0.25, 0.3) is 0 Å². The maximum atomic E-state index is 2.46. The molecule has 0 N–H and O–H groups in total. The predicted octanol–water partition coefficient (Wildman–Crippen LogP) is 3.64. The van der Waals surface area contributed by atoms with Crippen LogP contribution in [0, 0.1) is 0 Å². The van der Waals surface area contributed by atoms with Crippen LogP contribution in [0.15, 0.2) is 91.0 Å². The molecule has 3 aromatic rings. The summed E-state index contributed by atoms with van der Waals surface area (Å²) in [6, 6.07) is 33.6. The van der Waals surface area contributed by atoms with E-state index in [1.54, 1.807) is 0 Å². The second-order valence-electron chi connectivity index (χ2n) is 5.51. The molecular weight excluding hydrogens is 422 g/mol. The fraction of sp³-hybridized carbons (Fsp3) is 0.100. The van der Waals surface area contributed by atoms with Crippen molar-refractivity contribution < 1.29 is 0 Å². The Kier molecular flexibility index (Phi) is 5.75. The Morgan fingerprint density at radius 1 is 0.565 bits per heavy atom. The SMILES string of the molecule is C[As](C)S[As+](c1ccccc1)(c1ccccc1)c1ccccc1. The van der Waals surface area contributed by atoms with Crippen LogP contribution in [0.3, 0.4) is 0 Å². The standard InChI is InChI=1S/C20H21As2S/c1-21(2)23-22(18-12-6-3-7-13-18,19-14-8-4-9-15-19)20-16-10-5-11-17-20/h3-17H,1-2H3/q+1. The van der Waals surface area contributed by atoms with Crippen molar-refractivity contribution in [3.05, 3.63) is 91.0 Å². The summed E-state index contributed by atoms with van der Waals surface area (Å²) < 4.78 is 4.61. The Labute approximate surface area is 149 Å².